The minimum absolute atomic E-state index is 0.371. The summed E-state index contributed by atoms with van der Waals surface area (Å²) in [6.45, 7) is 2.23. The fraction of sp³-hybridized carbons (Fsp3) is 0.789. The van der Waals surface area contributed by atoms with Gasteiger partial charge in [-0.05, 0) is 32.1 Å². The number of carboxylic acids is 1. The second-order valence-electron chi connectivity index (χ2n) is 6.08. The van der Waals surface area contributed by atoms with E-state index in [-0.39, 0.29) is 0 Å². The zero-order chi connectivity index (χ0) is 17.3. The quantitative estimate of drug-likeness (QED) is 0.196. The molecule has 0 aromatic rings. The van der Waals surface area contributed by atoms with Gasteiger partial charge in [-0.15, -0.1) is 0 Å². The van der Waals surface area contributed by atoms with Crippen molar-refractivity contribution in [3.8, 4) is 0 Å². The van der Waals surface area contributed by atoms with E-state index in [0.29, 0.717) is 6.42 Å². The number of methoxy groups -OCH3 is 1. The Morgan fingerprint density at radius 1 is 0.913 bits per heavy atom. The van der Waals surface area contributed by atoms with Crippen molar-refractivity contribution in [1.29, 1.82) is 0 Å². The third-order valence-electron chi connectivity index (χ3n) is 4.04. The van der Waals surface area contributed by atoms with Crippen molar-refractivity contribution in [3.05, 3.63) is 12.2 Å². The Hall–Kier alpha value is -1.32. The molecule has 134 valence electrons. The Morgan fingerprint density at radius 3 is 1.91 bits per heavy atom. The number of hydrogen-bond donors (Lipinski definition) is 1. The summed E-state index contributed by atoms with van der Waals surface area (Å²) in [5.74, 6) is -2.73. The standard InChI is InChI=1S/C19H34O4/c1-3-4-5-6-7-8-9-10-11-12-13-14-15-16-17(18(20)21)19(22)23-2/h9-10,17H,3-8,11-16H2,1-2H3,(H,20,21). The molecule has 1 unspecified atom stereocenters. The van der Waals surface area contributed by atoms with Crippen LogP contribution in [0.3, 0.4) is 0 Å². The summed E-state index contributed by atoms with van der Waals surface area (Å²) in [5, 5.41) is 8.96. The third kappa shape index (κ3) is 12.9. The lowest BCUT2D eigenvalue weighted by Crippen LogP contribution is -2.24. The van der Waals surface area contributed by atoms with Gasteiger partial charge < -0.3 is 9.84 Å². The number of aliphatic carboxylic acids is 1. The number of ether oxygens (including phenoxy) is 1. The van der Waals surface area contributed by atoms with Gasteiger partial charge in [0.2, 0.25) is 0 Å². The van der Waals surface area contributed by atoms with Crippen molar-refractivity contribution >= 4 is 11.9 Å². The van der Waals surface area contributed by atoms with Crippen molar-refractivity contribution in [1.82, 2.24) is 0 Å². The molecule has 0 aliphatic rings. The van der Waals surface area contributed by atoms with Crippen molar-refractivity contribution in [2.45, 2.75) is 84.0 Å². The topological polar surface area (TPSA) is 63.6 Å². The number of unbranched alkanes of at least 4 members (excludes halogenated alkanes) is 9. The SMILES string of the molecule is CCCCCCCC=CCCCCCCC(C(=O)O)C(=O)OC. The highest BCUT2D eigenvalue weighted by atomic mass is 16.5. The highest BCUT2D eigenvalue weighted by Crippen LogP contribution is 2.14. The summed E-state index contributed by atoms with van der Waals surface area (Å²) in [5.41, 5.74) is 0. The predicted molar refractivity (Wildman–Crippen MR) is 93.4 cm³/mol. The third-order valence-corrected chi connectivity index (χ3v) is 4.04. The molecule has 0 saturated heterocycles. The zero-order valence-corrected chi connectivity index (χ0v) is 14.9. The highest BCUT2D eigenvalue weighted by molar-refractivity contribution is 5.93. The summed E-state index contributed by atoms with van der Waals surface area (Å²) in [6, 6.07) is 0. The maximum Gasteiger partial charge on any atom is 0.320 e. The number of rotatable bonds is 15. The van der Waals surface area contributed by atoms with Gasteiger partial charge in [-0.2, -0.15) is 0 Å². The van der Waals surface area contributed by atoms with Crippen LogP contribution in [0.1, 0.15) is 84.0 Å². The molecule has 0 heterocycles. The van der Waals surface area contributed by atoms with E-state index in [1.165, 1.54) is 45.6 Å². The Balaban J connectivity index is 3.48. The lowest BCUT2D eigenvalue weighted by Gasteiger charge is -2.09. The summed E-state index contributed by atoms with van der Waals surface area (Å²) >= 11 is 0. The van der Waals surface area contributed by atoms with E-state index in [4.69, 9.17) is 5.11 Å². The van der Waals surface area contributed by atoms with E-state index in [9.17, 15) is 9.59 Å². The van der Waals surface area contributed by atoms with Gasteiger partial charge in [-0.25, -0.2) is 0 Å². The molecule has 23 heavy (non-hydrogen) atoms. The van der Waals surface area contributed by atoms with Gasteiger partial charge in [0.25, 0.3) is 0 Å². The number of carboxylic acid groups (broad SMARTS) is 1. The summed E-state index contributed by atoms with van der Waals surface area (Å²) < 4.78 is 4.51. The highest BCUT2D eigenvalue weighted by Gasteiger charge is 2.26. The van der Waals surface area contributed by atoms with Crippen LogP contribution in [0, 0.1) is 5.92 Å². The molecule has 4 heteroatoms. The summed E-state index contributed by atoms with van der Waals surface area (Å²) in [7, 11) is 1.23. The molecule has 4 nitrogen and oxygen atoms in total. The largest absolute Gasteiger partial charge is 0.481 e. The maximum atomic E-state index is 11.3. The van der Waals surface area contributed by atoms with Gasteiger partial charge in [0, 0.05) is 0 Å². The zero-order valence-electron chi connectivity index (χ0n) is 14.9. The van der Waals surface area contributed by atoms with E-state index < -0.39 is 17.9 Å². The van der Waals surface area contributed by atoms with Crippen LogP contribution in [0.5, 0.6) is 0 Å². The first-order valence-electron chi connectivity index (χ1n) is 9.09. The lowest BCUT2D eigenvalue weighted by molar-refractivity contribution is -0.157. The average molecular weight is 326 g/mol. The van der Waals surface area contributed by atoms with Gasteiger partial charge >= 0.3 is 11.9 Å². The smallest absolute Gasteiger partial charge is 0.320 e. The van der Waals surface area contributed by atoms with Crippen LogP contribution in [0.2, 0.25) is 0 Å². The van der Waals surface area contributed by atoms with Gasteiger partial charge in [-0.1, -0.05) is 64.0 Å². The van der Waals surface area contributed by atoms with E-state index in [1.54, 1.807) is 0 Å². The molecular formula is C19H34O4. The Bertz CT molecular complexity index is 336. The second kappa shape index (κ2) is 15.6. The fourth-order valence-electron chi connectivity index (χ4n) is 2.55. The Labute approximate surface area is 141 Å². The maximum absolute atomic E-state index is 11.3. The van der Waals surface area contributed by atoms with Gasteiger partial charge in [0.1, 0.15) is 0 Å². The first-order chi connectivity index (χ1) is 11.1. The van der Waals surface area contributed by atoms with Crippen molar-refractivity contribution in [2.75, 3.05) is 7.11 Å². The van der Waals surface area contributed by atoms with Crippen molar-refractivity contribution in [2.24, 2.45) is 5.92 Å². The number of esters is 1. The Kier molecular flexibility index (Phi) is 14.7. The molecule has 0 saturated carbocycles. The van der Waals surface area contributed by atoms with Crippen molar-refractivity contribution < 1.29 is 19.4 Å². The summed E-state index contributed by atoms with van der Waals surface area (Å²) in [4.78, 5) is 22.2. The number of hydrogen-bond acceptors (Lipinski definition) is 3. The van der Waals surface area contributed by atoms with Crippen LogP contribution in [-0.2, 0) is 14.3 Å². The first-order valence-corrected chi connectivity index (χ1v) is 9.09. The molecule has 0 amide bonds. The van der Waals surface area contributed by atoms with Crippen LogP contribution in [0.25, 0.3) is 0 Å². The molecule has 1 N–H and O–H groups in total. The van der Waals surface area contributed by atoms with Crippen LogP contribution < -0.4 is 0 Å². The van der Waals surface area contributed by atoms with Crippen LogP contribution >= 0.6 is 0 Å². The number of carbonyl (C=O) groups is 2. The van der Waals surface area contributed by atoms with E-state index in [2.05, 4.69) is 23.8 Å². The van der Waals surface area contributed by atoms with Crippen molar-refractivity contribution in [3.63, 3.8) is 0 Å². The normalized spacial score (nSPS) is 12.4. The molecular weight excluding hydrogens is 292 g/mol. The second-order valence-corrected chi connectivity index (χ2v) is 6.08. The van der Waals surface area contributed by atoms with Crippen LogP contribution in [0.15, 0.2) is 12.2 Å². The lowest BCUT2D eigenvalue weighted by atomic mass is 10.0. The Morgan fingerprint density at radius 2 is 1.43 bits per heavy atom. The molecule has 1 atom stereocenters. The monoisotopic (exact) mass is 326 g/mol. The molecule has 0 aliphatic carbocycles. The van der Waals surface area contributed by atoms with E-state index >= 15 is 0 Å². The minimum atomic E-state index is -1.08. The first kappa shape index (κ1) is 21.7. The van der Waals surface area contributed by atoms with Crippen LogP contribution in [0.4, 0.5) is 0 Å². The fourth-order valence-corrected chi connectivity index (χ4v) is 2.55. The number of carbonyl (C=O) groups excluding carboxylic acids is 1. The predicted octanol–water partition coefficient (Wildman–Crippen LogP) is 5.12. The van der Waals surface area contributed by atoms with E-state index in [0.717, 1.165) is 32.1 Å². The van der Waals surface area contributed by atoms with Gasteiger partial charge in [0.05, 0.1) is 7.11 Å². The molecule has 0 radical (unpaired) electrons. The number of allylic oxidation sites excluding steroid dienone is 2. The van der Waals surface area contributed by atoms with E-state index in [1.807, 2.05) is 0 Å². The molecule has 0 bridgehead atoms. The molecule has 0 aliphatic heterocycles. The molecule has 0 rings (SSSR count). The van der Waals surface area contributed by atoms with Gasteiger partial charge in [0.15, 0.2) is 5.92 Å². The molecule has 0 aromatic carbocycles. The van der Waals surface area contributed by atoms with Gasteiger partial charge in [-0.3, -0.25) is 9.59 Å². The molecule has 0 aromatic heterocycles. The summed E-state index contributed by atoms with van der Waals surface area (Å²) in [6.07, 6.45) is 17.7. The average Bonchev–Trinajstić information content (AvgIpc) is 2.54. The minimum Gasteiger partial charge on any atom is -0.481 e. The van der Waals surface area contributed by atoms with Crippen LogP contribution in [-0.4, -0.2) is 24.2 Å². The molecule has 0 spiro atoms. The molecule has 0 fully saturated rings.